The fraction of sp³-hybridized carbons (Fsp3) is 0.458. The topological polar surface area (TPSA) is 226 Å². The van der Waals surface area contributed by atoms with Crippen LogP contribution < -0.4 is 27.4 Å². The number of phenolic OH excluding ortho intramolecular Hbond substituents is 1. The first-order valence-corrected chi connectivity index (χ1v) is 12.0. The fourth-order valence-corrected chi connectivity index (χ4v) is 3.49. The van der Waals surface area contributed by atoms with E-state index in [4.69, 9.17) is 16.6 Å². The smallest absolute Gasteiger partial charge is 0.325 e. The second kappa shape index (κ2) is 14.6. The first-order valence-electron chi connectivity index (χ1n) is 12.0. The zero-order valence-electron chi connectivity index (χ0n) is 20.6. The average Bonchev–Trinajstić information content (AvgIpc) is 3.37. The number of hydrogen-bond donors (Lipinski definition) is 8. The second-order valence-electron chi connectivity index (χ2n) is 8.73. The standard InChI is InChI=1S/C24H35N7O6/c1-14(24(36)37)29-22(34)19(4-2-3-9-25)30-23(35)20(10-15-5-7-17(32)8-6-15)31-21(33)18(26)11-16-12-27-13-28-16/h5-8,12-14,18-20,32H,2-4,9-11,25-26H2,1H3,(H,27,28)(H,29,34)(H,30,35)(H,31,33)(H,36,37). The Bertz CT molecular complexity index is 1030. The van der Waals surface area contributed by atoms with E-state index < -0.39 is 47.9 Å². The Labute approximate surface area is 214 Å². The summed E-state index contributed by atoms with van der Waals surface area (Å²) in [5, 5.41) is 26.3. The number of nitrogens with two attached hydrogens (primary N) is 2. The lowest BCUT2D eigenvalue weighted by atomic mass is 10.0. The van der Waals surface area contributed by atoms with Gasteiger partial charge in [0.25, 0.3) is 0 Å². The van der Waals surface area contributed by atoms with Crippen LogP contribution in [-0.2, 0) is 32.0 Å². The van der Waals surface area contributed by atoms with Crippen molar-refractivity contribution in [3.05, 3.63) is 48.0 Å². The lowest BCUT2D eigenvalue weighted by Crippen LogP contribution is -2.57. The molecule has 0 fully saturated rings. The summed E-state index contributed by atoms with van der Waals surface area (Å²) >= 11 is 0. The largest absolute Gasteiger partial charge is 0.508 e. The second-order valence-corrected chi connectivity index (χ2v) is 8.73. The number of carboxylic acids is 1. The number of H-pyrrole nitrogens is 1. The molecule has 0 saturated carbocycles. The van der Waals surface area contributed by atoms with Gasteiger partial charge < -0.3 is 42.6 Å². The van der Waals surface area contributed by atoms with Gasteiger partial charge in [-0.1, -0.05) is 12.1 Å². The monoisotopic (exact) mass is 517 g/mol. The summed E-state index contributed by atoms with van der Waals surface area (Å²) in [7, 11) is 0. The molecule has 0 aliphatic heterocycles. The van der Waals surface area contributed by atoms with E-state index in [0.717, 1.165) is 0 Å². The minimum atomic E-state index is -1.22. The number of aromatic hydroxyl groups is 1. The van der Waals surface area contributed by atoms with Gasteiger partial charge in [-0.2, -0.15) is 0 Å². The number of amides is 3. The first kappa shape index (κ1) is 29.3. The highest BCUT2D eigenvalue weighted by Crippen LogP contribution is 2.12. The van der Waals surface area contributed by atoms with Crippen LogP contribution in [0.1, 0.15) is 37.4 Å². The van der Waals surface area contributed by atoms with Crippen molar-refractivity contribution in [3.8, 4) is 5.75 Å². The van der Waals surface area contributed by atoms with Crippen LogP contribution in [0.5, 0.6) is 5.75 Å². The zero-order valence-corrected chi connectivity index (χ0v) is 20.6. The average molecular weight is 518 g/mol. The van der Waals surface area contributed by atoms with Gasteiger partial charge in [-0.05, 0) is 50.4 Å². The molecule has 13 heteroatoms. The van der Waals surface area contributed by atoms with Crippen molar-refractivity contribution in [2.45, 2.75) is 63.2 Å². The van der Waals surface area contributed by atoms with Crippen LogP contribution in [0.25, 0.3) is 0 Å². The van der Waals surface area contributed by atoms with Gasteiger partial charge in [-0.25, -0.2) is 4.98 Å². The number of aromatic nitrogens is 2. The summed E-state index contributed by atoms with van der Waals surface area (Å²) in [6.45, 7) is 1.70. The number of carbonyl (C=O) groups excluding carboxylic acids is 3. The molecule has 0 aliphatic rings. The molecule has 202 valence electrons. The maximum absolute atomic E-state index is 13.3. The molecular weight excluding hydrogens is 482 g/mol. The van der Waals surface area contributed by atoms with Gasteiger partial charge in [0, 0.05) is 24.7 Å². The molecule has 4 atom stereocenters. The van der Waals surface area contributed by atoms with E-state index in [-0.39, 0.29) is 25.0 Å². The lowest BCUT2D eigenvalue weighted by Gasteiger charge is -2.25. The summed E-state index contributed by atoms with van der Waals surface area (Å²) < 4.78 is 0. The molecule has 4 unspecified atom stereocenters. The highest BCUT2D eigenvalue weighted by atomic mass is 16.4. The number of nitrogens with one attached hydrogen (secondary N) is 4. The molecule has 13 nitrogen and oxygen atoms in total. The van der Waals surface area contributed by atoms with Gasteiger partial charge >= 0.3 is 5.97 Å². The van der Waals surface area contributed by atoms with Crippen molar-refractivity contribution in [3.63, 3.8) is 0 Å². The maximum atomic E-state index is 13.3. The number of carboxylic acid groups (broad SMARTS) is 1. The Balaban J connectivity index is 2.19. The Morgan fingerprint density at radius 3 is 2.22 bits per heavy atom. The van der Waals surface area contributed by atoms with Gasteiger partial charge in [-0.3, -0.25) is 19.2 Å². The quantitative estimate of drug-likeness (QED) is 0.134. The zero-order chi connectivity index (χ0) is 27.4. The SMILES string of the molecule is CC(NC(=O)C(CCCCN)NC(=O)C(Cc1ccc(O)cc1)NC(=O)C(N)Cc1cnc[nH]1)C(=O)O. The Morgan fingerprint density at radius 1 is 0.973 bits per heavy atom. The normalized spacial score (nSPS) is 14.1. The minimum Gasteiger partial charge on any atom is -0.508 e. The first-order chi connectivity index (χ1) is 17.6. The summed E-state index contributed by atoms with van der Waals surface area (Å²) in [5.41, 5.74) is 12.9. The summed E-state index contributed by atoms with van der Waals surface area (Å²) in [6, 6.07) is 1.83. The highest BCUT2D eigenvalue weighted by molar-refractivity contribution is 5.94. The molecule has 0 bridgehead atoms. The third kappa shape index (κ3) is 9.89. The Morgan fingerprint density at radius 2 is 1.62 bits per heavy atom. The van der Waals surface area contributed by atoms with Gasteiger partial charge in [0.05, 0.1) is 12.4 Å². The third-order valence-electron chi connectivity index (χ3n) is 5.65. The fourth-order valence-electron chi connectivity index (χ4n) is 3.49. The number of imidazole rings is 1. The third-order valence-corrected chi connectivity index (χ3v) is 5.65. The molecule has 0 aliphatic carbocycles. The maximum Gasteiger partial charge on any atom is 0.325 e. The van der Waals surface area contributed by atoms with E-state index in [9.17, 15) is 24.3 Å². The van der Waals surface area contributed by atoms with Crippen LogP contribution in [0.4, 0.5) is 0 Å². The molecule has 2 rings (SSSR count). The van der Waals surface area contributed by atoms with Crippen molar-refractivity contribution in [1.82, 2.24) is 25.9 Å². The molecule has 0 radical (unpaired) electrons. The van der Waals surface area contributed by atoms with Crippen LogP contribution in [0.3, 0.4) is 0 Å². The number of carbonyl (C=O) groups is 4. The van der Waals surface area contributed by atoms with Crippen LogP contribution in [0.2, 0.25) is 0 Å². The van der Waals surface area contributed by atoms with E-state index in [0.29, 0.717) is 30.6 Å². The molecular formula is C24H35N7O6. The van der Waals surface area contributed by atoms with Gasteiger partial charge in [0.1, 0.15) is 23.9 Å². The number of nitrogens with zero attached hydrogens (tertiary/aromatic N) is 1. The summed E-state index contributed by atoms with van der Waals surface area (Å²) in [6.07, 6.45) is 4.55. The van der Waals surface area contributed by atoms with E-state index >= 15 is 0 Å². The predicted molar refractivity (Wildman–Crippen MR) is 134 cm³/mol. The lowest BCUT2D eigenvalue weighted by molar-refractivity contribution is -0.141. The Kier molecular flexibility index (Phi) is 11.5. The van der Waals surface area contributed by atoms with Crippen LogP contribution in [-0.4, -0.2) is 74.6 Å². The molecule has 10 N–H and O–H groups in total. The highest BCUT2D eigenvalue weighted by Gasteiger charge is 2.29. The molecule has 3 amide bonds. The van der Waals surface area contributed by atoms with Crippen LogP contribution in [0.15, 0.2) is 36.8 Å². The van der Waals surface area contributed by atoms with Gasteiger partial charge in [-0.15, -0.1) is 0 Å². The summed E-state index contributed by atoms with van der Waals surface area (Å²) in [5.74, 6) is -3.07. The minimum absolute atomic E-state index is 0.0413. The number of rotatable bonds is 15. The van der Waals surface area contributed by atoms with Gasteiger partial charge in [0.15, 0.2) is 0 Å². The number of phenols is 1. The number of unbranched alkanes of at least 4 members (excludes halogenated alkanes) is 1. The van der Waals surface area contributed by atoms with Crippen LogP contribution >= 0.6 is 0 Å². The van der Waals surface area contributed by atoms with E-state index in [1.165, 1.54) is 31.6 Å². The number of aliphatic carboxylic acids is 1. The van der Waals surface area contributed by atoms with Crippen molar-refractivity contribution in [2.75, 3.05) is 6.54 Å². The molecule has 1 heterocycles. The van der Waals surface area contributed by atoms with Gasteiger partial charge in [0.2, 0.25) is 17.7 Å². The molecule has 2 aromatic rings. The number of aromatic amines is 1. The molecule has 0 saturated heterocycles. The molecule has 37 heavy (non-hydrogen) atoms. The van der Waals surface area contributed by atoms with Crippen molar-refractivity contribution < 1.29 is 29.4 Å². The molecule has 1 aromatic heterocycles. The predicted octanol–water partition coefficient (Wildman–Crippen LogP) is -1.08. The van der Waals surface area contributed by atoms with Crippen molar-refractivity contribution in [1.29, 1.82) is 0 Å². The van der Waals surface area contributed by atoms with Crippen molar-refractivity contribution >= 4 is 23.7 Å². The summed E-state index contributed by atoms with van der Waals surface area (Å²) in [4.78, 5) is 56.8. The van der Waals surface area contributed by atoms with Crippen molar-refractivity contribution in [2.24, 2.45) is 11.5 Å². The van der Waals surface area contributed by atoms with E-state index in [1.54, 1.807) is 12.1 Å². The molecule has 1 aromatic carbocycles. The number of hydrogen-bond acceptors (Lipinski definition) is 8. The molecule has 0 spiro atoms. The van der Waals surface area contributed by atoms with Crippen LogP contribution in [0, 0.1) is 0 Å². The van der Waals surface area contributed by atoms with E-state index in [2.05, 4.69) is 25.9 Å². The Hall–Kier alpha value is -3.97. The number of benzene rings is 1. The van der Waals surface area contributed by atoms with E-state index in [1.807, 2.05) is 0 Å².